The van der Waals surface area contributed by atoms with E-state index in [1.807, 2.05) is 29.4 Å². The Kier molecular flexibility index (Phi) is 4.22. The quantitative estimate of drug-likeness (QED) is 0.798. The van der Waals surface area contributed by atoms with Crippen LogP contribution in [0.3, 0.4) is 0 Å². The minimum absolute atomic E-state index is 0.0952. The highest BCUT2D eigenvalue weighted by atomic mass is 16.2. The molecule has 0 saturated carbocycles. The topological polar surface area (TPSA) is 74.1 Å². The maximum atomic E-state index is 12.2. The number of aromatic nitrogens is 1. The molecular weight excluding hydrogens is 264 g/mol. The Morgan fingerprint density at radius 1 is 1.29 bits per heavy atom. The predicted octanol–water partition coefficient (Wildman–Crippen LogP) is 1.55. The highest BCUT2D eigenvalue weighted by Crippen LogP contribution is 2.18. The third-order valence-electron chi connectivity index (χ3n) is 4.08. The number of hydrazine groups is 1. The molecular formula is C16H22N4O. The summed E-state index contributed by atoms with van der Waals surface area (Å²) in [4.78, 5) is 15.4. The second-order valence-electron chi connectivity index (χ2n) is 5.69. The number of benzene rings is 1. The van der Waals surface area contributed by atoms with E-state index in [4.69, 9.17) is 5.73 Å². The first-order valence-corrected chi connectivity index (χ1v) is 7.60. The summed E-state index contributed by atoms with van der Waals surface area (Å²) >= 11 is 0. The number of para-hydroxylation sites is 1. The fourth-order valence-corrected chi connectivity index (χ4v) is 2.87. The lowest BCUT2D eigenvalue weighted by Gasteiger charge is -2.28. The number of aromatic amines is 1. The van der Waals surface area contributed by atoms with Gasteiger partial charge in [0, 0.05) is 30.2 Å². The van der Waals surface area contributed by atoms with Crippen LogP contribution in [0.4, 0.5) is 0 Å². The fourth-order valence-electron chi connectivity index (χ4n) is 2.87. The van der Waals surface area contributed by atoms with E-state index in [0.29, 0.717) is 6.42 Å². The minimum atomic E-state index is -0.522. The maximum Gasteiger partial charge on any atom is 0.251 e. The van der Waals surface area contributed by atoms with Crippen molar-refractivity contribution in [2.24, 2.45) is 5.73 Å². The van der Waals surface area contributed by atoms with Crippen molar-refractivity contribution in [2.75, 3.05) is 13.1 Å². The molecule has 4 N–H and O–H groups in total. The van der Waals surface area contributed by atoms with Crippen LogP contribution in [0.15, 0.2) is 30.5 Å². The molecule has 1 amide bonds. The maximum absolute atomic E-state index is 12.2. The number of piperidine rings is 1. The molecule has 5 heteroatoms. The second kappa shape index (κ2) is 6.28. The highest BCUT2D eigenvalue weighted by Gasteiger charge is 2.19. The van der Waals surface area contributed by atoms with Crippen molar-refractivity contribution in [2.45, 2.75) is 31.7 Å². The lowest BCUT2D eigenvalue weighted by atomic mass is 10.1. The van der Waals surface area contributed by atoms with Gasteiger partial charge in [0.25, 0.3) is 5.91 Å². The number of fused-ring (bicyclic) bond motifs is 1. The van der Waals surface area contributed by atoms with E-state index in [9.17, 15) is 4.79 Å². The lowest BCUT2D eigenvalue weighted by Crippen LogP contribution is -2.51. The largest absolute Gasteiger partial charge is 0.361 e. The number of nitrogens with one attached hydrogen (secondary N) is 2. The number of amides is 1. The van der Waals surface area contributed by atoms with Gasteiger partial charge in [0.1, 0.15) is 0 Å². The fraction of sp³-hybridized carbons (Fsp3) is 0.438. The Hall–Kier alpha value is -1.85. The highest BCUT2D eigenvalue weighted by molar-refractivity contribution is 5.85. The molecule has 1 unspecified atom stereocenters. The molecule has 1 atom stereocenters. The molecule has 112 valence electrons. The zero-order valence-electron chi connectivity index (χ0n) is 12.1. The predicted molar refractivity (Wildman–Crippen MR) is 83.5 cm³/mol. The molecule has 21 heavy (non-hydrogen) atoms. The normalized spacial score (nSPS) is 17.8. The van der Waals surface area contributed by atoms with E-state index >= 15 is 0 Å². The van der Waals surface area contributed by atoms with Gasteiger partial charge in [-0.3, -0.25) is 10.2 Å². The summed E-state index contributed by atoms with van der Waals surface area (Å²) in [5.74, 6) is -0.0952. The molecule has 1 saturated heterocycles. The number of carbonyl (C=O) groups is 1. The van der Waals surface area contributed by atoms with Gasteiger partial charge in [-0.1, -0.05) is 24.6 Å². The number of hydrogen-bond acceptors (Lipinski definition) is 3. The zero-order chi connectivity index (χ0) is 14.7. The monoisotopic (exact) mass is 286 g/mol. The van der Waals surface area contributed by atoms with Gasteiger partial charge in [-0.2, -0.15) is 0 Å². The third-order valence-corrected chi connectivity index (χ3v) is 4.08. The van der Waals surface area contributed by atoms with Crippen LogP contribution in [0.25, 0.3) is 10.9 Å². The first-order chi connectivity index (χ1) is 10.2. The van der Waals surface area contributed by atoms with Gasteiger partial charge in [-0.25, -0.2) is 5.01 Å². The molecule has 2 heterocycles. The number of carbonyl (C=O) groups excluding carboxylic acids is 1. The average Bonchev–Trinajstić information content (AvgIpc) is 2.91. The van der Waals surface area contributed by atoms with E-state index in [1.165, 1.54) is 6.42 Å². The standard InChI is InChI=1S/C16H22N4O/c17-14(16(21)19-20-8-4-1-5-9-20)10-12-11-18-15-7-3-2-6-13(12)15/h2-3,6-7,11,14,18H,1,4-5,8-10,17H2,(H,19,21). The number of H-pyrrole nitrogens is 1. The van der Waals surface area contributed by atoms with Crippen LogP contribution >= 0.6 is 0 Å². The first kappa shape index (κ1) is 14.1. The van der Waals surface area contributed by atoms with Crippen molar-refractivity contribution in [1.29, 1.82) is 0 Å². The van der Waals surface area contributed by atoms with E-state index in [0.717, 1.165) is 42.4 Å². The summed E-state index contributed by atoms with van der Waals surface area (Å²) in [6.45, 7) is 1.84. The van der Waals surface area contributed by atoms with E-state index in [-0.39, 0.29) is 5.91 Å². The molecule has 1 fully saturated rings. The molecule has 0 bridgehead atoms. The van der Waals surface area contributed by atoms with Crippen LogP contribution < -0.4 is 11.2 Å². The Morgan fingerprint density at radius 3 is 2.86 bits per heavy atom. The van der Waals surface area contributed by atoms with E-state index < -0.39 is 6.04 Å². The molecule has 0 aliphatic carbocycles. The van der Waals surface area contributed by atoms with Crippen molar-refractivity contribution < 1.29 is 4.79 Å². The molecule has 0 radical (unpaired) electrons. The summed E-state index contributed by atoms with van der Waals surface area (Å²) in [6.07, 6.45) is 6.01. The Morgan fingerprint density at radius 2 is 2.05 bits per heavy atom. The minimum Gasteiger partial charge on any atom is -0.361 e. The van der Waals surface area contributed by atoms with Gasteiger partial charge < -0.3 is 10.7 Å². The van der Waals surface area contributed by atoms with Crippen molar-refractivity contribution in [1.82, 2.24) is 15.4 Å². The van der Waals surface area contributed by atoms with Gasteiger partial charge in [0.15, 0.2) is 0 Å². The Labute approximate surface area is 124 Å². The second-order valence-corrected chi connectivity index (χ2v) is 5.69. The molecule has 1 aliphatic rings. The zero-order valence-corrected chi connectivity index (χ0v) is 12.1. The Balaban J connectivity index is 1.62. The van der Waals surface area contributed by atoms with Gasteiger partial charge in [0.2, 0.25) is 0 Å². The smallest absolute Gasteiger partial charge is 0.251 e. The lowest BCUT2D eigenvalue weighted by molar-refractivity contribution is -0.127. The number of rotatable bonds is 4. The number of hydrogen-bond donors (Lipinski definition) is 3. The summed E-state index contributed by atoms with van der Waals surface area (Å²) in [7, 11) is 0. The van der Waals surface area contributed by atoms with Gasteiger partial charge in [0.05, 0.1) is 6.04 Å². The molecule has 3 rings (SSSR count). The van der Waals surface area contributed by atoms with Crippen molar-refractivity contribution in [3.63, 3.8) is 0 Å². The van der Waals surface area contributed by atoms with E-state index in [1.54, 1.807) is 0 Å². The molecule has 5 nitrogen and oxygen atoms in total. The Bertz CT molecular complexity index is 616. The van der Waals surface area contributed by atoms with Crippen LogP contribution in [0.2, 0.25) is 0 Å². The molecule has 2 aromatic rings. The SMILES string of the molecule is NC(Cc1c[nH]c2ccccc12)C(=O)NN1CCCCC1. The van der Waals surface area contributed by atoms with Crippen LogP contribution in [0.1, 0.15) is 24.8 Å². The van der Waals surface area contributed by atoms with Crippen molar-refractivity contribution in [3.8, 4) is 0 Å². The average molecular weight is 286 g/mol. The van der Waals surface area contributed by atoms with Crippen LogP contribution in [0, 0.1) is 0 Å². The molecule has 1 aliphatic heterocycles. The van der Waals surface area contributed by atoms with Gasteiger partial charge >= 0.3 is 0 Å². The molecule has 1 aromatic heterocycles. The van der Waals surface area contributed by atoms with E-state index in [2.05, 4.69) is 16.5 Å². The number of nitrogens with two attached hydrogens (primary N) is 1. The third kappa shape index (κ3) is 3.25. The summed E-state index contributed by atoms with van der Waals surface area (Å²) < 4.78 is 0. The van der Waals surface area contributed by atoms with Gasteiger partial charge in [-0.05, 0) is 30.9 Å². The van der Waals surface area contributed by atoms with Crippen LogP contribution in [0.5, 0.6) is 0 Å². The number of nitrogens with zero attached hydrogens (tertiary/aromatic N) is 1. The molecule has 1 aromatic carbocycles. The van der Waals surface area contributed by atoms with Crippen molar-refractivity contribution in [3.05, 3.63) is 36.0 Å². The molecule has 0 spiro atoms. The summed E-state index contributed by atoms with van der Waals surface area (Å²) in [5, 5.41) is 3.12. The van der Waals surface area contributed by atoms with Gasteiger partial charge in [-0.15, -0.1) is 0 Å². The van der Waals surface area contributed by atoms with Crippen molar-refractivity contribution >= 4 is 16.8 Å². The summed E-state index contributed by atoms with van der Waals surface area (Å²) in [5.41, 5.74) is 11.2. The summed E-state index contributed by atoms with van der Waals surface area (Å²) in [6, 6.07) is 7.55. The first-order valence-electron chi connectivity index (χ1n) is 7.60. The van der Waals surface area contributed by atoms with Crippen LogP contribution in [-0.2, 0) is 11.2 Å². The van der Waals surface area contributed by atoms with Crippen LogP contribution in [-0.4, -0.2) is 35.0 Å².